The van der Waals surface area contributed by atoms with Crippen LogP contribution in [0.25, 0.3) is 0 Å². The summed E-state index contributed by atoms with van der Waals surface area (Å²) >= 11 is 0. The second kappa shape index (κ2) is 8.45. The first-order valence-electron chi connectivity index (χ1n) is 4.88. The maximum Gasteiger partial charge on any atom is 0.178 e. The number of ketones is 1. The van der Waals surface area contributed by atoms with Crippen LogP contribution in [0.4, 0.5) is 0 Å². The second-order valence-electron chi connectivity index (χ2n) is 3.04. The first-order chi connectivity index (χ1) is 6.70. The van der Waals surface area contributed by atoms with Crippen LogP contribution in [0.15, 0.2) is 37.0 Å². The van der Waals surface area contributed by atoms with Crippen molar-refractivity contribution in [2.75, 3.05) is 0 Å². The van der Waals surface area contributed by atoms with Crippen molar-refractivity contribution in [2.24, 2.45) is 0 Å². The minimum absolute atomic E-state index is 0.0455. The van der Waals surface area contributed by atoms with Crippen LogP contribution in [-0.2, 0) is 4.79 Å². The Kier molecular flexibility index (Phi) is 7.75. The van der Waals surface area contributed by atoms with Gasteiger partial charge in [-0.2, -0.15) is 0 Å². The molecule has 0 radical (unpaired) electrons. The van der Waals surface area contributed by atoms with E-state index in [0.29, 0.717) is 6.42 Å². The topological polar surface area (TPSA) is 37.3 Å². The number of carbonyl (C=O) groups is 1. The van der Waals surface area contributed by atoms with E-state index in [1.165, 1.54) is 12.2 Å². The van der Waals surface area contributed by atoms with Crippen LogP contribution in [0.5, 0.6) is 0 Å². The van der Waals surface area contributed by atoms with Crippen molar-refractivity contribution in [3.8, 4) is 0 Å². The largest absolute Gasteiger partial charge is 0.393 e. The van der Waals surface area contributed by atoms with Crippen molar-refractivity contribution < 1.29 is 9.90 Å². The Balaban J connectivity index is 3.67. The standard InChI is InChI=1S/C12H18O2/c1-3-5-8-12(14)10-7-6-9-11(13)4-2/h3,5,7-8,10-11,13H,1,4,6,9H2,2H3. The lowest BCUT2D eigenvalue weighted by Gasteiger charge is -2.02. The summed E-state index contributed by atoms with van der Waals surface area (Å²) in [4.78, 5) is 11.0. The van der Waals surface area contributed by atoms with Gasteiger partial charge in [0, 0.05) is 0 Å². The van der Waals surface area contributed by atoms with Crippen LogP contribution in [0.3, 0.4) is 0 Å². The summed E-state index contributed by atoms with van der Waals surface area (Å²) in [6.07, 6.45) is 9.89. The maximum atomic E-state index is 11.0. The zero-order valence-corrected chi connectivity index (χ0v) is 8.65. The van der Waals surface area contributed by atoms with Gasteiger partial charge in [0.25, 0.3) is 0 Å². The summed E-state index contributed by atoms with van der Waals surface area (Å²) in [6.45, 7) is 5.40. The van der Waals surface area contributed by atoms with Gasteiger partial charge in [-0.3, -0.25) is 4.79 Å². The van der Waals surface area contributed by atoms with Gasteiger partial charge in [0.2, 0.25) is 0 Å². The lowest BCUT2D eigenvalue weighted by molar-refractivity contribution is -0.110. The maximum absolute atomic E-state index is 11.0. The molecule has 0 fully saturated rings. The summed E-state index contributed by atoms with van der Waals surface area (Å²) < 4.78 is 0. The molecule has 78 valence electrons. The van der Waals surface area contributed by atoms with Gasteiger partial charge in [-0.15, -0.1) is 0 Å². The number of aliphatic hydroxyl groups excluding tert-OH is 1. The molecule has 1 atom stereocenters. The summed E-state index contributed by atoms with van der Waals surface area (Å²) in [5.74, 6) is -0.0455. The number of hydrogen-bond acceptors (Lipinski definition) is 2. The van der Waals surface area contributed by atoms with E-state index in [1.807, 2.05) is 6.92 Å². The second-order valence-corrected chi connectivity index (χ2v) is 3.04. The molecule has 0 aliphatic rings. The summed E-state index contributed by atoms with van der Waals surface area (Å²) in [5.41, 5.74) is 0. The highest BCUT2D eigenvalue weighted by molar-refractivity contribution is 5.99. The molecule has 0 aromatic carbocycles. The molecule has 0 aromatic heterocycles. The molecular weight excluding hydrogens is 176 g/mol. The summed E-state index contributed by atoms with van der Waals surface area (Å²) in [7, 11) is 0. The molecule has 14 heavy (non-hydrogen) atoms. The molecule has 0 bridgehead atoms. The first kappa shape index (κ1) is 12.8. The van der Waals surface area contributed by atoms with Gasteiger partial charge in [-0.1, -0.05) is 31.7 Å². The summed E-state index contributed by atoms with van der Waals surface area (Å²) in [6, 6.07) is 0. The Morgan fingerprint density at radius 2 is 2.21 bits per heavy atom. The molecule has 0 aliphatic heterocycles. The third kappa shape index (κ3) is 7.50. The average Bonchev–Trinajstić information content (AvgIpc) is 2.21. The Morgan fingerprint density at radius 3 is 2.79 bits per heavy atom. The smallest absolute Gasteiger partial charge is 0.178 e. The minimum Gasteiger partial charge on any atom is -0.393 e. The zero-order chi connectivity index (χ0) is 10.8. The monoisotopic (exact) mass is 194 g/mol. The fraction of sp³-hybridized carbons (Fsp3) is 0.417. The fourth-order valence-electron chi connectivity index (χ4n) is 0.911. The Hall–Kier alpha value is -1.15. The Morgan fingerprint density at radius 1 is 1.50 bits per heavy atom. The van der Waals surface area contributed by atoms with E-state index in [1.54, 1.807) is 18.2 Å². The fourth-order valence-corrected chi connectivity index (χ4v) is 0.911. The van der Waals surface area contributed by atoms with Gasteiger partial charge in [-0.25, -0.2) is 0 Å². The number of hydrogen-bond donors (Lipinski definition) is 1. The molecular formula is C12H18O2. The first-order valence-corrected chi connectivity index (χ1v) is 4.88. The van der Waals surface area contributed by atoms with E-state index in [0.717, 1.165) is 12.8 Å². The van der Waals surface area contributed by atoms with E-state index in [2.05, 4.69) is 6.58 Å². The highest BCUT2D eigenvalue weighted by Crippen LogP contribution is 2.01. The van der Waals surface area contributed by atoms with E-state index < -0.39 is 0 Å². The van der Waals surface area contributed by atoms with Crippen molar-refractivity contribution >= 4 is 5.78 Å². The summed E-state index contributed by atoms with van der Waals surface area (Å²) in [5, 5.41) is 9.22. The van der Waals surface area contributed by atoms with Crippen LogP contribution in [0, 0.1) is 0 Å². The quantitative estimate of drug-likeness (QED) is 0.499. The third-order valence-electron chi connectivity index (χ3n) is 1.82. The number of aliphatic hydroxyl groups is 1. The molecule has 0 aromatic rings. The predicted molar refractivity (Wildman–Crippen MR) is 59.0 cm³/mol. The predicted octanol–water partition coefficient (Wildman–Crippen LogP) is 2.41. The lowest BCUT2D eigenvalue weighted by Crippen LogP contribution is -2.02. The van der Waals surface area contributed by atoms with Crippen molar-refractivity contribution in [1.82, 2.24) is 0 Å². The van der Waals surface area contributed by atoms with E-state index >= 15 is 0 Å². The van der Waals surface area contributed by atoms with Gasteiger partial charge in [0.15, 0.2) is 5.78 Å². The van der Waals surface area contributed by atoms with Crippen molar-refractivity contribution in [1.29, 1.82) is 0 Å². The zero-order valence-electron chi connectivity index (χ0n) is 8.65. The van der Waals surface area contributed by atoms with Crippen molar-refractivity contribution in [3.63, 3.8) is 0 Å². The van der Waals surface area contributed by atoms with Crippen LogP contribution in [0.2, 0.25) is 0 Å². The highest BCUT2D eigenvalue weighted by Gasteiger charge is 1.97. The van der Waals surface area contributed by atoms with Crippen molar-refractivity contribution in [2.45, 2.75) is 32.3 Å². The third-order valence-corrected chi connectivity index (χ3v) is 1.82. The molecule has 0 saturated carbocycles. The van der Waals surface area contributed by atoms with Crippen molar-refractivity contribution in [3.05, 3.63) is 37.0 Å². The molecule has 2 nitrogen and oxygen atoms in total. The highest BCUT2D eigenvalue weighted by atomic mass is 16.3. The number of rotatable bonds is 7. The van der Waals surface area contributed by atoms with Gasteiger partial charge in [0.05, 0.1) is 6.10 Å². The molecule has 0 aliphatic carbocycles. The molecule has 2 heteroatoms. The van der Waals surface area contributed by atoms with Crippen LogP contribution < -0.4 is 0 Å². The molecule has 0 heterocycles. The molecule has 0 amide bonds. The Labute approximate surface area is 85.6 Å². The normalized spacial score (nSPS) is 13.6. The molecule has 0 rings (SSSR count). The van der Waals surface area contributed by atoms with Crippen LogP contribution in [0.1, 0.15) is 26.2 Å². The van der Waals surface area contributed by atoms with Crippen LogP contribution >= 0.6 is 0 Å². The van der Waals surface area contributed by atoms with Gasteiger partial charge >= 0.3 is 0 Å². The molecule has 0 spiro atoms. The van der Waals surface area contributed by atoms with Gasteiger partial charge < -0.3 is 5.11 Å². The van der Waals surface area contributed by atoms with Crippen LogP contribution in [-0.4, -0.2) is 17.0 Å². The molecule has 0 saturated heterocycles. The van der Waals surface area contributed by atoms with Gasteiger partial charge in [0.1, 0.15) is 0 Å². The molecule has 1 N–H and O–H groups in total. The lowest BCUT2D eigenvalue weighted by atomic mass is 10.1. The molecule has 1 unspecified atom stereocenters. The van der Waals surface area contributed by atoms with Gasteiger partial charge in [-0.05, 0) is 31.4 Å². The Bertz CT molecular complexity index is 226. The van der Waals surface area contributed by atoms with E-state index in [9.17, 15) is 9.90 Å². The minimum atomic E-state index is -0.251. The number of allylic oxidation sites excluding steroid dienone is 5. The van der Waals surface area contributed by atoms with E-state index in [-0.39, 0.29) is 11.9 Å². The SMILES string of the molecule is C=CC=CC(=O)C=CCCC(O)CC. The van der Waals surface area contributed by atoms with E-state index in [4.69, 9.17) is 0 Å². The number of carbonyl (C=O) groups excluding carboxylic acids is 1. The average molecular weight is 194 g/mol.